The lowest BCUT2D eigenvalue weighted by Crippen LogP contribution is -2.31. The predicted octanol–water partition coefficient (Wildman–Crippen LogP) is 3.54. The van der Waals surface area contributed by atoms with Crippen molar-refractivity contribution in [1.29, 1.82) is 0 Å². The van der Waals surface area contributed by atoms with Gasteiger partial charge in [-0.3, -0.25) is 4.79 Å². The SMILES string of the molecule is CCN(CC)S(=O)(=O)c1cc(C(=O)NCc2csc(C(C)C)n2)ccc1C. The maximum absolute atomic E-state index is 12.8. The lowest BCUT2D eigenvalue weighted by Gasteiger charge is -2.20. The van der Waals surface area contributed by atoms with Gasteiger partial charge in [0.15, 0.2) is 0 Å². The van der Waals surface area contributed by atoms with Crippen molar-refractivity contribution in [3.05, 3.63) is 45.4 Å². The summed E-state index contributed by atoms with van der Waals surface area (Å²) in [5.41, 5.74) is 1.75. The van der Waals surface area contributed by atoms with E-state index >= 15 is 0 Å². The van der Waals surface area contributed by atoms with Gasteiger partial charge in [0.05, 0.1) is 22.1 Å². The van der Waals surface area contributed by atoms with E-state index in [0.29, 0.717) is 36.7 Å². The van der Waals surface area contributed by atoms with Crippen molar-refractivity contribution in [2.24, 2.45) is 0 Å². The fraction of sp³-hybridized carbons (Fsp3) is 0.474. The molecule has 1 aromatic carbocycles. The van der Waals surface area contributed by atoms with Gasteiger partial charge in [-0.05, 0) is 24.6 Å². The first-order valence-electron chi connectivity index (χ1n) is 9.04. The van der Waals surface area contributed by atoms with Crippen molar-refractivity contribution in [2.75, 3.05) is 13.1 Å². The van der Waals surface area contributed by atoms with Gasteiger partial charge in [-0.2, -0.15) is 4.31 Å². The third-order valence-corrected chi connectivity index (χ3v) is 7.65. The van der Waals surface area contributed by atoms with Crippen LogP contribution in [-0.2, 0) is 16.6 Å². The summed E-state index contributed by atoms with van der Waals surface area (Å²) < 4.78 is 27.0. The molecule has 0 spiro atoms. The molecule has 0 fully saturated rings. The smallest absolute Gasteiger partial charge is 0.251 e. The first-order chi connectivity index (χ1) is 12.7. The largest absolute Gasteiger partial charge is 0.346 e. The van der Waals surface area contributed by atoms with Crippen LogP contribution in [0, 0.1) is 6.92 Å². The number of carbonyl (C=O) groups is 1. The molecule has 1 heterocycles. The average molecular weight is 410 g/mol. The number of rotatable bonds is 8. The number of hydrogen-bond donors (Lipinski definition) is 1. The van der Waals surface area contributed by atoms with Gasteiger partial charge in [0.1, 0.15) is 0 Å². The Hall–Kier alpha value is -1.77. The molecule has 0 bridgehead atoms. The summed E-state index contributed by atoms with van der Waals surface area (Å²) >= 11 is 1.57. The molecule has 1 amide bonds. The summed E-state index contributed by atoms with van der Waals surface area (Å²) in [6.45, 7) is 10.6. The molecule has 2 aromatic rings. The van der Waals surface area contributed by atoms with Gasteiger partial charge in [-0.15, -0.1) is 11.3 Å². The van der Waals surface area contributed by atoms with Crippen molar-refractivity contribution in [1.82, 2.24) is 14.6 Å². The Bertz CT molecular complexity index is 901. The Morgan fingerprint density at radius 3 is 2.48 bits per heavy atom. The molecule has 27 heavy (non-hydrogen) atoms. The molecule has 0 saturated heterocycles. The number of carbonyl (C=O) groups excluding carboxylic acids is 1. The quantitative estimate of drug-likeness (QED) is 0.723. The number of aryl methyl sites for hydroxylation is 1. The Morgan fingerprint density at radius 2 is 1.93 bits per heavy atom. The first kappa shape index (κ1) is 21.5. The zero-order valence-corrected chi connectivity index (χ0v) is 18.1. The van der Waals surface area contributed by atoms with Gasteiger partial charge < -0.3 is 5.32 Å². The van der Waals surface area contributed by atoms with Crippen LogP contribution in [0.25, 0.3) is 0 Å². The summed E-state index contributed by atoms with van der Waals surface area (Å²) in [6.07, 6.45) is 0. The summed E-state index contributed by atoms with van der Waals surface area (Å²) in [5, 5.41) is 5.78. The van der Waals surface area contributed by atoms with E-state index in [1.54, 1.807) is 44.2 Å². The van der Waals surface area contributed by atoms with Crippen LogP contribution >= 0.6 is 11.3 Å². The van der Waals surface area contributed by atoms with Gasteiger partial charge in [0, 0.05) is 30.0 Å². The fourth-order valence-corrected chi connectivity index (χ4v) is 5.21. The number of benzene rings is 1. The molecule has 148 valence electrons. The predicted molar refractivity (Wildman–Crippen MR) is 109 cm³/mol. The highest BCUT2D eigenvalue weighted by atomic mass is 32.2. The molecule has 0 radical (unpaired) electrons. The second kappa shape index (κ2) is 8.95. The summed E-state index contributed by atoms with van der Waals surface area (Å²) in [4.78, 5) is 17.2. The van der Waals surface area contributed by atoms with Gasteiger partial charge in [0.25, 0.3) is 5.91 Å². The van der Waals surface area contributed by atoms with Crippen LogP contribution in [0.15, 0.2) is 28.5 Å². The molecule has 6 nitrogen and oxygen atoms in total. The lowest BCUT2D eigenvalue weighted by atomic mass is 10.1. The number of thiazole rings is 1. The Balaban J connectivity index is 2.20. The summed E-state index contributed by atoms with van der Waals surface area (Å²) in [5.74, 6) is 0.0366. The van der Waals surface area contributed by atoms with Gasteiger partial charge in [-0.1, -0.05) is 33.8 Å². The monoisotopic (exact) mass is 409 g/mol. The molecule has 8 heteroatoms. The van der Waals surface area contributed by atoms with Crippen molar-refractivity contribution in [3.63, 3.8) is 0 Å². The van der Waals surface area contributed by atoms with Gasteiger partial charge >= 0.3 is 0 Å². The maximum atomic E-state index is 12.8. The van der Waals surface area contributed by atoms with Gasteiger partial charge in [0.2, 0.25) is 10.0 Å². The zero-order valence-electron chi connectivity index (χ0n) is 16.4. The van der Waals surface area contributed by atoms with Gasteiger partial charge in [-0.25, -0.2) is 13.4 Å². The van der Waals surface area contributed by atoms with Crippen LogP contribution in [0.2, 0.25) is 0 Å². The molecule has 1 N–H and O–H groups in total. The highest BCUT2D eigenvalue weighted by Gasteiger charge is 2.24. The Kier molecular flexibility index (Phi) is 7.13. The number of nitrogens with one attached hydrogen (secondary N) is 1. The number of sulfonamides is 1. The van der Waals surface area contributed by atoms with E-state index in [4.69, 9.17) is 0 Å². The average Bonchev–Trinajstić information content (AvgIpc) is 3.10. The normalized spacial score (nSPS) is 12.0. The van der Waals surface area contributed by atoms with Crippen LogP contribution in [0.3, 0.4) is 0 Å². The van der Waals surface area contributed by atoms with Crippen LogP contribution in [0.5, 0.6) is 0 Å². The second-order valence-electron chi connectivity index (χ2n) is 6.58. The minimum Gasteiger partial charge on any atom is -0.346 e. The van der Waals surface area contributed by atoms with E-state index in [2.05, 4.69) is 24.1 Å². The van der Waals surface area contributed by atoms with Crippen molar-refractivity contribution in [2.45, 2.75) is 52.0 Å². The molecule has 0 aliphatic carbocycles. The second-order valence-corrected chi connectivity index (χ2v) is 9.38. The maximum Gasteiger partial charge on any atom is 0.251 e. The summed E-state index contributed by atoms with van der Waals surface area (Å²) in [6, 6.07) is 4.77. The molecule has 2 rings (SSSR count). The van der Waals surface area contributed by atoms with E-state index < -0.39 is 10.0 Å². The summed E-state index contributed by atoms with van der Waals surface area (Å²) in [7, 11) is -3.62. The molecule has 1 aromatic heterocycles. The van der Waals surface area contributed by atoms with Crippen LogP contribution in [0.1, 0.15) is 60.2 Å². The third-order valence-electron chi connectivity index (χ3n) is 4.27. The molecule has 0 atom stereocenters. The molecule has 0 saturated carbocycles. The minimum absolute atomic E-state index is 0.176. The van der Waals surface area contributed by atoms with E-state index in [9.17, 15) is 13.2 Å². The molecule has 0 unspecified atom stereocenters. The fourth-order valence-electron chi connectivity index (χ4n) is 2.66. The number of hydrogen-bond acceptors (Lipinski definition) is 5. The molecule has 0 aliphatic heterocycles. The Morgan fingerprint density at radius 1 is 1.26 bits per heavy atom. The van der Waals surface area contributed by atoms with Crippen LogP contribution < -0.4 is 5.32 Å². The zero-order chi connectivity index (χ0) is 20.2. The lowest BCUT2D eigenvalue weighted by molar-refractivity contribution is 0.0950. The van der Waals surface area contributed by atoms with Crippen LogP contribution in [0.4, 0.5) is 0 Å². The highest BCUT2D eigenvalue weighted by Crippen LogP contribution is 2.22. The van der Waals surface area contributed by atoms with Crippen molar-refractivity contribution in [3.8, 4) is 0 Å². The highest BCUT2D eigenvalue weighted by molar-refractivity contribution is 7.89. The van der Waals surface area contributed by atoms with E-state index in [0.717, 1.165) is 10.7 Å². The van der Waals surface area contributed by atoms with E-state index in [1.807, 2.05) is 5.38 Å². The topological polar surface area (TPSA) is 79.4 Å². The van der Waals surface area contributed by atoms with Crippen molar-refractivity contribution >= 4 is 27.3 Å². The number of aromatic nitrogens is 1. The number of nitrogens with zero attached hydrogens (tertiary/aromatic N) is 2. The molecule has 0 aliphatic rings. The van der Waals surface area contributed by atoms with E-state index in [-0.39, 0.29) is 10.8 Å². The first-order valence-corrected chi connectivity index (χ1v) is 11.4. The molecular formula is C19H27N3O3S2. The standard InChI is InChI=1S/C19H27N3O3S2/c1-6-22(7-2)27(24,25)17-10-15(9-8-14(17)5)18(23)20-11-16-12-26-19(21-16)13(3)4/h8-10,12-13H,6-7,11H2,1-5H3,(H,20,23). The van der Waals surface area contributed by atoms with Crippen LogP contribution in [-0.4, -0.2) is 36.7 Å². The van der Waals surface area contributed by atoms with E-state index in [1.165, 1.54) is 10.4 Å². The minimum atomic E-state index is -3.62. The third kappa shape index (κ3) is 4.94. The number of amides is 1. The molecular weight excluding hydrogens is 382 g/mol. The van der Waals surface area contributed by atoms with Crippen molar-refractivity contribution < 1.29 is 13.2 Å². The Labute approximate surface area is 165 Å².